The highest BCUT2D eigenvalue weighted by Gasteiger charge is 2.16. The molecule has 0 unspecified atom stereocenters. The van der Waals surface area contributed by atoms with Crippen LogP contribution in [0.25, 0.3) is 0 Å². The molecule has 116 valence electrons. The predicted octanol–water partition coefficient (Wildman–Crippen LogP) is 4.19. The van der Waals surface area contributed by atoms with Crippen LogP contribution in [0.2, 0.25) is 0 Å². The number of carbonyl (C=O) groups is 1. The molecule has 1 aromatic rings. The largest absolute Gasteiger partial charge is 0.303 e. The summed E-state index contributed by atoms with van der Waals surface area (Å²) in [4.78, 5) is 14.3. The second-order valence-electron chi connectivity index (χ2n) is 5.73. The molecule has 1 heterocycles. The highest BCUT2D eigenvalue weighted by molar-refractivity contribution is 5.96. The Morgan fingerprint density at radius 1 is 1.00 bits per heavy atom. The molecule has 1 saturated heterocycles. The highest BCUT2D eigenvalue weighted by Crippen LogP contribution is 2.16. The first-order valence-corrected chi connectivity index (χ1v) is 7.88. The van der Waals surface area contributed by atoms with Gasteiger partial charge in [0.25, 0.3) is 0 Å². The van der Waals surface area contributed by atoms with Crippen LogP contribution in [-0.4, -0.2) is 30.3 Å². The van der Waals surface area contributed by atoms with Crippen molar-refractivity contribution in [2.24, 2.45) is 0 Å². The fourth-order valence-corrected chi connectivity index (χ4v) is 2.87. The lowest BCUT2D eigenvalue weighted by molar-refractivity contribution is 0.0970. The van der Waals surface area contributed by atoms with Crippen molar-refractivity contribution < 1.29 is 13.6 Å². The van der Waals surface area contributed by atoms with Crippen molar-refractivity contribution in [1.82, 2.24) is 4.90 Å². The van der Waals surface area contributed by atoms with Crippen molar-refractivity contribution in [3.05, 3.63) is 35.4 Å². The van der Waals surface area contributed by atoms with Gasteiger partial charge >= 0.3 is 0 Å². The van der Waals surface area contributed by atoms with E-state index in [-0.39, 0.29) is 12.0 Å². The van der Waals surface area contributed by atoms with E-state index in [9.17, 15) is 13.6 Å². The molecular weight excluding hydrogens is 272 g/mol. The van der Waals surface area contributed by atoms with Crippen LogP contribution in [0.15, 0.2) is 18.2 Å². The number of nitrogens with zero attached hydrogens (tertiary/aromatic N) is 1. The molecule has 0 radical (unpaired) electrons. The molecule has 0 saturated carbocycles. The summed E-state index contributed by atoms with van der Waals surface area (Å²) in [7, 11) is 0. The summed E-state index contributed by atoms with van der Waals surface area (Å²) in [6.45, 7) is 3.43. The minimum atomic E-state index is -0.756. The number of unbranched alkanes of at least 4 members (excludes halogenated alkanes) is 2. The minimum Gasteiger partial charge on any atom is -0.303 e. The third kappa shape index (κ3) is 4.88. The number of carbonyl (C=O) groups excluding carboxylic acids is 1. The minimum absolute atomic E-state index is 0.220. The average molecular weight is 295 g/mol. The molecule has 2 rings (SSSR count). The predicted molar refractivity (Wildman–Crippen MR) is 79.4 cm³/mol. The lowest BCUT2D eigenvalue weighted by Gasteiger charge is -2.26. The van der Waals surface area contributed by atoms with E-state index in [1.54, 1.807) is 0 Å². The zero-order valence-electron chi connectivity index (χ0n) is 12.4. The smallest absolute Gasteiger partial charge is 0.168 e. The topological polar surface area (TPSA) is 20.3 Å². The van der Waals surface area contributed by atoms with Crippen LogP contribution in [0.4, 0.5) is 8.78 Å². The van der Waals surface area contributed by atoms with Crippen LogP contribution in [0.1, 0.15) is 55.3 Å². The Hall–Kier alpha value is -1.29. The summed E-state index contributed by atoms with van der Waals surface area (Å²) >= 11 is 0. The zero-order valence-corrected chi connectivity index (χ0v) is 12.4. The maximum atomic E-state index is 13.5. The number of ketones is 1. The van der Waals surface area contributed by atoms with E-state index >= 15 is 0 Å². The molecule has 0 N–H and O–H groups in total. The molecule has 2 nitrogen and oxygen atoms in total. The van der Waals surface area contributed by atoms with Gasteiger partial charge < -0.3 is 4.90 Å². The maximum Gasteiger partial charge on any atom is 0.168 e. The van der Waals surface area contributed by atoms with Gasteiger partial charge in [-0.2, -0.15) is 0 Å². The van der Waals surface area contributed by atoms with Crippen molar-refractivity contribution in [3.8, 4) is 0 Å². The number of hydrogen-bond donors (Lipinski definition) is 0. The van der Waals surface area contributed by atoms with Gasteiger partial charge in [-0.1, -0.05) is 18.9 Å². The van der Waals surface area contributed by atoms with Gasteiger partial charge in [0.15, 0.2) is 5.78 Å². The second-order valence-corrected chi connectivity index (χ2v) is 5.73. The SMILES string of the molecule is O=C(CCCCCN1CCCCC1)c1c(F)cccc1F. The third-order valence-electron chi connectivity index (χ3n) is 4.07. The van der Waals surface area contributed by atoms with Gasteiger partial charge in [-0.15, -0.1) is 0 Å². The van der Waals surface area contributed by atoms with Crippen LogP contribution in [0.5, 0.6) is 0 Å². The van der Waals surface area contributed by atoms with E-state index in [1.807, 2.05) is 0 Å². The van der Waals surface area contributed by atoms with Crippen molar-refractivity contribution >= 4 is 5.78 Å². The Bertz CT molecular complexity index is 450. The number of halogens is 2. The van der Waals surface area contributed by atoms with Crippen molar-refractivity contribution in [2.75, 3.05) is 19.6 Å². The monoisotopic (exact) mass is 295 g/mol. The lowest BCUT2D eigenvalue weighted by Crippen LogP contribution is -2.30. The highest BCUT2D eigenvalue weighted by atomic mass is 19.1. The van der Waals surface area contributed by atoms with E-state index in [1.165, 1.54) is 38.4 Å². The first-order valence-electron chi connectivity index (χ1n) is 7.88. The second kappa shape index (κ2) is 8.23. The molecule has 21 heavy (non-hydrogen) atoms. The van der Waals surface area contributed by atoms with Gasteiger partial charge in [0.05, 0.1) is 5.56 Å². The standard InChI is InChI=1S/C17H23F2NO/c18-14-8-7-9-15(19)17(14)16(21)10-3-1-4-11-20-12-5-2-6-13-20/h7-9H,1-6,10-13H2. The summed E-state index contributed by atoms with van der Waals surface area (Å²) in [6.07, 6.45) is 6.79. The Morgan fingerprint density at radius 3 is 2.33 bits per heavy atom. The number of rotatable bonds is 7. The van der Waals surface area contributed by atoms with Crippen molar-refractivity contribution in [1.29, 1.82) is 0 Å². The lowest BCUT2D eigenvalue weighted by atomic mass is 10.0. The molecule has 0 amide bonds. The number of benzene rings is 1. The summed E-state index contributed by atoms with van der Waals surface area (Å²) in [5, 5.41) is 0. The van der Waals surface area contributed by atoms with Crippen LogP contribution in [-0.2, 0) is 0 Å². The molecule has 1 aliphatic rings. The van der Waals surface area contributed by atoms with Gasteiger partial charge in [0, 0.05) is 6.42 Å². The van der Waals surface area contributed by atoms with Crippen LogP contribution < -0.4 is 0 Å². The molecule has 0 aliphatic carbocycles. The Kier molecular flexibility index (Phi) is 6.30. The van der Waals surface area contributed by atoms with E-state index in [0.717, 1.165) is 31.5 Å². The molecule has 1 fully saturated rings. The molecule has 1 aromatic carbocycles. The molecule has 1 aliphatic heterocycles. The molecule has 0 aromatic heterocycles. The Morgan fingerprint density at radius 2 is 1.67 bits per heavy atom. The van der Waals surface area contributed by atoms with Gasteiger partial charge in [-0.05, 0) is 57.5 Å². The molecule has 0 spiro atoms. The molecule has 4 heteroatoms. The Balaban J connectivity index is 1.67. The average Bonchev–Trinajstić information content (AvgIpc) is 2.48. The van der Waals surface area contributed by atoms with Gasteiger partial charge in [-0.25, -0.2) is 8.78 Å². The zero-order chi connectivity index (χ0) is 15.1. The third-order valence-corrected chi connectivity index (χ3v) is 4.07. The van der Waals surface area contributed by atoms with Crippen molar-refractivity contribution in [3.63, 3.8) is 0 Å². The van der Waals surface area contributed by atoms with Crippen molar-refractivity contribution in [2.45, 2.75) is 44.9 Å². The molecule has 0 bridgehead atoms. The summed E-state index contributed by atoms with van der Waals surface area (Å²) in [6, 6.07) is 3.54. The fraction of sp³-hybridized carbons (Fsp3) is 0.588. The summed E-state index contributed by atoms with van der Waals surface area (Å²) < 4.78 is 26.9. The normalized spacial score (nSPS) is 16.1. The fourth-order valence-electron chi connectivity index (χ4n) is 2.87. The van der Waals surface area contributed by atoms with Gasteiger partial charge in [-0.3, -0.25) is 4.79 Å². The summed E-state index contributed by atoms with van der Waals surface area (Å²) in [5.74, 6) is -1.94. The van der Waals surface area contributed by atoms with Crippen LogP contribution in [0, 0.1) is 11.6 Å². The van der Waals surface area contributed by atoms with Gasteiger partial charge in [0.1, 0.15) is 11.6 Å². The first-order chi connectivity index (χ1) is 10.2. The number of Topliss-reactive ketones (excluding diaryl/α,β-unsaturated/α-hetero) is 1. The van der Waals surface area contributed by atoms with E-state index in [0.29, 0.717) is 6.42 Å². The number of piperidine rings is 1. The quantitative estimate of drug-likeness (QED) is 0.555. The number of hydrogen-bond acceptors (Lipinski definition) is 2. The summed E-state index contributed by atoms with van der Waals surface area (Å²) in [5.41, 5.74) is -0.381. The maximum absolute atomic E-state index is 13.5. The van der Waals surface area contributed by atoms with E-state index < -0.39 is 17.4 Å². The van der Waals surface area contributed by atoms with Crippen LogP contribution >= 0.6 is 0 Å². The first kappa shape index (κ1) is 16.1. The Labute approximate surface area is 125 Å². The molecule has 0 atom stereocenters. The number of likely N-dealkylation sites (tertiary alicyclic amines) is 1. The van der Waals surface area contributed by atoms with E-state index in [2.05, 4.69) is 4.90 Å². The van der Waals surface area contributed by atoms with E-state index in [4.69, 9.17) is 0 Å². The van der Waals surface area contributed by atoms with Crippen LogP contribution in [0.3, 0.4) is 0 Å². The van der Waals surface area contributed by atoms with Gasteiger partial charge in [0.2, 0.25) is 0 Å². The molecular formula is C17H23F2NO.